The number of halogens is 3. The van der Waals surface area contributed by atoms with Crippen molar-refractivity contribution in [3.05, 3.63) is 88.7 Å². The largest absolute Gasteiger partial charge is 0.484 e. The van der Waals surface area contributed by atoms with E-state index in [-0.39, 0.29) is 35.5 Å². The van der Waals surface area contributed by atoms with Gasteiger partial charge in [-0.05, 0) is 125 Å². The minimum absolute atomic E-state index is 0.0901. The SMILES string of the molecule is CC(C)(C)OC(=O)N1CC(C)(C)Oc2cc(N3CCC4(CC3)C[C@@H](CC(=O)N[C@H](Cc3ccc(F)c(F)c3)CN3CCOCC3)c3ccc(F)cc34)ccc21. The van der Waals surface area contributed by atoms with Crippen LogP contribution in [0.4, 0.5) is 29.3 Å². The monoisotopic (exact) mass is 762 g/mol. The molecule has 0 unspecified atom stereocenters. The first-order valence-electron chi connectivity index (χ1n) is 19.5. The fourth-order valence-electron chi connectivity index (χ4n) is 8.88. The smallest absolute Gasteiger partial charge is 0.415 e. The second-order valence-electron chi connectivity index (χ2n) is 17.3. The average molecular weight is 763 g/mol. The van der Waals surface area contributed by atoms with Crippen LogP contribution in [0.15, 0.2) is 54.6 Å². The minimum Gasteiger partial charge on any atom is -0.484 e. The Bertz CT molecular complexity index is 1900. The molecule has 2 saturated heterocycles. The van der Waals surface area contributed by atoms with Crippen molar-refractivity contribution < 1.29 is 37.0 Å². The fraction of sp³-hybridized carbons (Fsp3) is 0.535. The highest BCUT2D eigenvalue weighted by Crippen LogP contribution is 2.53. The summed E-state index contributed by atoms with van der Waals surface area (Å²) in [4.78, 5) is 33.2. The Balaban J connectivity index is 1.05. The van der Waals surface area contributed by atoms with Crippen molar-refractivity contribution in [2.75, 3.05) is 62.3 Å². The Morgan fingerprint density at radius 2 is 1.69 bits per heavy atom. The van der Waals surface area contributed by atoms with Gasteiger partial charge in [0, 0.05) is 56.9 Å². The predicted molar refractivity (Wildman–Crippen MR) is 205 cm³/mol. The number of amides is 2. The standard InChI is InChI=1S/C43H53F3N4O5/c1-41(2,3)55-40(52)50-27-42(4,5)54-38-24-32(8-11-37(38)50)49-14-12-43(13-15-49)25-29(33-9-7-30(44)23-34(33)43)22-39(51)47-31(26-48-16-18-53-19-17-48)20-28-6-10-35(45)36(46)21-28/h6-11,21,23-24,29,31H,12-20,22,25-27H2,1-5H3,(H,47,51)/t29-,31-/m1/s1. The molecule has 2 fully saturated rings. The predicted octanol–water partition coefficient (Wildman–Crippen LogP) is 7.49. The highest BCUT2D eigenvalue weighted by atomic mass is 19.2. The number of anilines is 2. The number of nitrogens with one attached hydrogen (secondary N) is 1. The lowest BCUT2D eigenvalue weighted by Crippen LogP contribution is -2.50. The zero-order chi connectivity index (χ0) is 39.1. The summed E-state index contributed by atoms with van der Waals surface area (Å²) in [6.07, 6.45) is 2.49. The molecule has 4 aliphatic rings. The van der Waals surface area contributed by atoms with Gasteiger partial charge in [-0.15, -0.1) is 0 Å². The van der Waals surface area contributed by atoms with Crippen LogP contribution in [0, 0.1) is 17.5 Å². The molecule has 0 radical (unpaired) electrons. The van der Waals surface area contributed by atoms with E-state index in [1.54, 1.807) is 17.0 Å². The summed E-state index contributed by atoms with van der Waals surface area (Å²) in [5.41, 5.74) is 2.74. The summed E-state index contributed by atoms with van der Waals surface area (Å²) < 4.78 is 60.3. The quantitative estimate of drug-likeness (QED) is 0.255. The third kappa shape index (κ3) is 8.91. The number of rotatable bonds is 8. The van der Waals surface area contributed by atoms with Crippen LogP contribution in [-0.2, 0) is 26.1 Å². The number of ether oxygens (including phenoxy) is 3. The zero-order valence-electron chi connectivity index (χ0n) is 32.6. The van der Waals surface area contributed by atoms with Crippen LogP contribution in [0.1, 0.15) is 82.9 Å². The van der Waals surface area contributed by atoms with Crippen LogP contribution >= 0.6 is 0 Å². The lowest BCUT2D eigenvalue weighted by molar-refractivity contribution is -0.122. The minimum atomic E-state index is -0.908. The summed E-state index contributed by atoms with van der Waals surface area (Å²) in [7, 11) is 0. The second kappa shape index (κ2) is 15.3. The molecule has 3 aromatic carbocycles. The van der Waals surface area contributed by atoms with E-state index in [9.17, 15) is 22.8 Å². The summed E-state index contributed by atoms with van der Waals surface area (Å²) in [5.74, 6) is -1.68. The molecule has 1 spiro atoms. The Morgan fingerprint density at radius 3 is 2.40 bits per heavy atom. The maximum absolute atomic E-state index is 14.9. The normalized spacial score (nSPS) is 21.1. The Hall–Kier alpha value is -4.29. The highest BCUT2D eigenvalue weighted by Gasteiger charge is 2.46. The molecule has 1 aliphatic carbocycles. The third-order valence-electron chi connectivity index (χ3n) is 11.4. The van der Waals surface area contributed by atoms with Crippen LogP contribution in [-0.4, -0.2) is 86.6 Å². The van der Waals surface area contributed by atoms with Crippen LogP contribution in [0.2, 0.25) is 0 Å². The molecular formula is C43H53F3N4O5. The Labute approximate surface area is 322 Å². The van der Waals surface area contributed by atoms with Gasteiger partial charge in [0.1, 0.15) is 22.8 Å². The van der Waals surface area contributed by atoms with Crippen molar-refractivity contribution in [2.24, 2.45) is 0 Å². The maximum atomic E-state index is 14.9. The van der Waals surface area contributed by atoms with Crippen molar-refractivity contribution in [2.45, 2.75) is 95.3 Å². The molecule has 3 heterocycles. The van der Waals surface area contributed by atoms with E-state index in [1.165, 1.54) is 12.1 Å². The van der Waals surface area contributed by atoms with Crippen molar-refractivity contribution in [1.29, 1.82) is 0 Å². The summed E-state index contributed by atoms with van der Waals surface area (Å²) in [5, 5.41) is 3.22. The van der Waals surface area contributed by atoms with E-state index in [1.807, 2.05) is 58.9 Å². The zero-order valence-corrected chi connectivity index (χ0v) is 32.6. The van der Waals surface area contributed by atoms with Gasteiger partial charge in [-0.25, -0.2) is 18.0 Å². The molecule has 0 saturated carbocycles. The number of fused-ring (bicyclic) bond motifs is 3. The van der Waals surface area contributed by atoms with Gasteiger partial charge in [0.2, 0.25) is 5.91 Å². The molecule has 55 heavy (non-hydrogen) atoms. The summed E-state index contributed by atoms with van der Waals surface area (Å²) in [6.45, 7) is 14.5. The number of carbonyl (C=O) groups excluding carboxylic acids is 2. The average Bonchev–Trinajstić information content (AvgIpc) is 3.39. The molecule has 2 amide bonds. The van der Waals surface area contributed by atoms with E-state index < -0.39 is 28.9 Å². The van der Waals surface area contributed by atoms with Gasteiger partial charge in [0.15, 0.2) is 11.6 Å². The van der Waals surface area contributed by atoms with Gasteiger partial charge >= 0.3 is 6.09 Å². The van der Waals surface area contributed by atoms with E-state index in [0.29, 0.717) is 49.7 Å². The molecule has 12 heteroatoms. The first-order valence-corrected chi connectivity index (χ1v) is 19.5. The second-order valence-corrected chi connectivity index (χ2v) is 17.3. The van der Waals surface area contributed by atoms with Gasteiger partial charge < -0.3 is 24.4 Å². The molecule has 3 aromatic rings. The van der Waals surface area contributed by atoms with Crippen molar-refractivity contribution in [3.8, 4) is 5.75 Å². The van der Waals surface area contributed by atoms with Crippen LogP contribution in [0.25, 0.3) is 0 Å². The van der Waals surface area contributed by atoms with Crippen LogP contribution in [0.3, 0.4) is 0 Å². The number of nitrogens with zero attached hydrogens (tertiary/aromatic N) is 3. The number of piperidine rings is 1. The van der Waals surface area contributed by atoms with Crippen LogP contribution in [0.5, 0.6) is 5.75 Å². The number of benzene rings is 3. The van der Waals surface area contributed by atoms with E-state index in [4.69, 9.17) is 14.2 Å². The molecule has 0 bridgehead atoms. The van der Waals surface area contributed by atoms with E-state index in [2.05, 4.69) is 15.1 Å². The topological polar surface area (TPSA) is 83.6 Å². The molecule has 7 rings (SSSR count). The first kappa shape index (κ1) is 39.0. The molecular weight excluding hydrogens is 709 g/mol. The number of hydrogen-bond acceptors (Lipinski definition) is 7. The van der Waals surface area contributed by atoms with Gasteiger partial charge in [0.05, 0.1) is 25.4 Å². The highest BCUT2D eigenvalue weighted by molar-refractivity contribution is 5.91. The van der Waals surface area contributed by atoms with E-state index >= 15 is 0 Å². The van der Waals surface area contributed by atoms with Gasteiger partial charge in [-0.3, -0.25) is 14.6 Å². The number of morpholine rings is 1. The summed E-state index contributed by atoms with van der Waals surface area (Å²) >= 11 is 0. The molecule has 296 valence electrons. The fourth-order valence-corrected chi connectivity index (χ4v) is 8.88. The van der Waals surface area contributed by atoms with Gasteiger partial charge in [0.25, 0.3) is 0 Å². The Morgan fingerprint density at radius 1 is 0.945 bits per heavy atom. The molecule has 3 aliphatic heterocycles. The van der Waals surface area contributed by atoms with Gasteiger partial charge in [-0.1, -0.05) is 12.1 Å². The molecule has 9 nitrogen and oxygen atoms in total. The molecule has 0 aromatic heterocycles. The molecule has 2 atom stereocenters. The van der Waals surface area contributed by atoms with Crippen molar-refractivity contribution in [1.82, 2.24) is 10.2 Å². The van der Waals surface area contributed by atoms with Crippen molar-refractivity contribution in [3.63, 3.8) is 0 Å². The van der Waals surface area contributed by atoms with E-state index in [0.717, 1.165) is 68.3 Å². The van der Waals surface area contributed by atoms with Gasteiger partial charge in [-0.2, -0.15) is 0 Å². The summed E-state index contributed by atoms with van der Waals surface area (Å²) in [6, 6.07) is 14.5. The Kier molecular flexibility index (Phi) is 10.9. The van der Waals surface area contributed by atoms with Crippen LogP contribution < -0.4 is 19.9 Å². The third-order valence-corrected chi connectivity index (χ3v) is 11.4. The number of carbonyl (C=O) groups is 2. The first-order chi connectivity index (χ1) is 26.1. The maximum Gasteiger partial charge on any atom is 0.415 e. The van der Waals surface area contributed by atoms with Crippen molar-refractivity contribution >= 4 is 23.4 Å². The number of hydrogen-bond donors (Lipinski definition) is 1. The lowest BCUT2D eigenvalue weighted by Gasteiger charge is -2.43. The lowest BCUT2D eigenvalue weighted by atomic mass is 9.73. The molecule has 1 N–H and O–H groups in total.